The largest absolute Gasteiger partial charge is 0.417 e. The molecule has 1 N–H and O–H groups in total. The van der Waals surface area contributed by atoms with Crippen LogP contribution < -0.4 is 5.32 Å². The highest BCUT2D eigenvalue weighted by atomic mass is 35.5. The van der Waals surface area contributed by atoms with Crippen molar-refractivity contribution in [3.8, 4) is 0 Å². The number of nitrogens with one attached hydrogen (secondary N) is 1. The molecule has 2 heterocycles. The molecule has 0 saturated carbocycles. The van der Waals surface area contributed by atoms with Gasteiger partial charge in [0.1, 0.15) is 0 Å². The van der Waals surface area contributed by atoms with Crippen molar-refractivity contribution in [1.82, 2.24) is 10.3 Å². The number of aromatic nitrogens is 1. The van der Waals surface area contributed by atoms with Gasteiger partial charge >= 0.3 is 6.18 Å². The molecule has 0 aliphatic carbocycles. The number of hydrogen-bond acceptors (Lipinski definition) is 5. The molecule has 5 nitrogen and oxygen atoms in total. The fourth-order valence-electron chi connectivity index (χ4n) is 3.12. The first-order valence-electron chi connectivity index (χ1n) is 9.39. The topological polar surface area (TPSA) is 76.1 Å². The minimum absolute atomic E-state index is 0.135. The van der Waals surface area contributed by atoms with E-state index >= 15 is 0 Å². The summed E-state index contributed by atoms with van der Waals surface area (Å²) in [6.45, 7) is 0.135. The van der Waals surface area contributed by atoms with Gasteiger partial charge in [-0.2, -0.15) is 13.2 Å². The van der Waals surface area contributed by atoms with Crippen molar-refractivity contribution < 1.29 is 26.4 Å². The van der Waals surface area contributed by atoms with Gasteiger partial charge in [-0.05, 0) is 47.3 Å². The third-order valence-corrected chi connectivity index (χ3v) is 8.21. The summed E-state index contributed by atoms with van der Waals surface area (Å²) in [6, 6.07) is 11.8. The van der Waals surface area contributed by atoms with Crippen LogP contribution in [0.2, 0.25) is 5.02 Å². The predicted octanol–water partition coefficient (Wildman–Crippen LogP) is 5.73. The number of pyridine rings is 1. The zero-order valence-electron chi connectivity index (χ0n) is 16.6. The maximum atomic E-state index is 13.1. The zero-order chi connectivity index (χ0) is 23.8. The Morgan fingerprint density at radius 2 is 1.82 bits per heavy atom. The van der Waals surface area contributed by atoms with Crippen LogP contribution in [-0.4, -0.2) is 19.3 Å². The van der Waals surface area contributed by atoms with E-state index in [-0.39, 0.29) is 17.3 Å². The van der Waals surface area contributed by atoms with Gasteiger partial charge < -0.3 is 5.32 Å². The molecule has 2 aromatic heterocycles. The van der Waals surface area contributed by atoms with Crippen LogP contribution in [-0.2, 0) is 22.6 Å². The van der Waals surface area contributed by atoms with E-state index in [1.807, 2.05) is 0 Å². The van der Waals surface area contributed by atoms with Gasteiger partial charge in [0.15, 0.2) is 0 Å². The Balaban J connectivity index is 1.50. The van der Waals surface area contributed by atoms with Crippen LogP contribution in [0.1, 0.15) is 20.8 Å². The van der Waals surface area contributed by atoms with E-state index < -0.39 is 31.5 Å². The molecule has 11 heteroatoms. The minimum Gasteiger partial charge on any atom is -0.347 e. The van der Waals surface area contributed by atoms with Crippen molar-refractivity contribution in [3.05, 3.63) is 88.0 Å². The van der Waals surface area contributed by atoms with E-state index in [1.165, 1.54) is 35.6 Å². The number of nitrogens with zero attached hydrogens (tertiary/aromatic N) is 1. The highest BCUT2D eigenvalue weighted by Crippen LogP contribution is 2.39. The average Bonchev–Trinajstić information content (AvgIpc) is 3.21. The second kappa shape index (κ2) is 8.77. The summed E-state index contributed by atoms with van der Waals surface area (Å²) >= 11 is 7.08. The lowest BCUT2D eigenvalue weighted by Gasteiger charge is -2.13. The van der Waals surface area contributed by atoms with Gasteiger partial charge in [-0.25, -0.2) is 8.42 Å². The Labute approximate surface area is 195 Å². The Bertz CT molecular complexity index is 1420. The van der Waals surface area contributed by atoms with E-state index in [1.54, 1.807) is 24.5 Å². The molecule has 170 valence electrons. The van der Waals surface area contributed by atoms with Crippen molar-refractivity contribution in [2.45, 2.75) is 22.5 Å². The smallest absolute Gasteiger partial charge is 0.347 e. The van der Waals surface area contributed by atoms with E-state index in [9.17, 15) is 26.4 Å². The summed E-state index contributed by atoms with van der Waals surface area (Å²) in [5, 5.41) is 2.79. The Hall–Kier alpha value is -2.95. The number of rotatable bonds is 5. The zero-order valence-corrected chi connectivity index (χ0v) is 18.9. The SMILES string of the molecule is O=C(NCc1ccc(S(=O)(=O)c2cccc(C(F)(F)F)c2Cl)cc1)c1cc2ccncc2s1. The minimum atomic E-state index is -4.78. The molecule has 0 bridgehead atoms. The lowest BCUT2D eigenvalue weighted by molar-refractivity contribution is -0.137. The fraction of sp³-hybridized carbons (Fsp3) is 0.0909. The first-order chi connectivity index (χ1) is 15.6. The van der Waals surface area contributed by atoms with Crippen LogP contribution in [0.25, 0.3) is 10.1 Å². The molecule has 0 aliphatic heterocycles. The summed E-state index contributed by atoms with van der Waals surface area (Å²) in [6.07, 6.45) is -1.47. The molecule has 33 heavy (non-hydrogen) atoms. The third kappa shape index (κ3) is 4.73. The normalized spacial score (nSPS) is 12.1. The standard InChI is InChI=1S/C22H14ClF3N2O3S2/c23-20-16(22(24,25)26)2-1-3-19(20)33(30,31)15-6-4-13(5-7-15)11-28-21(29)17-10-14-8-9-27-12-18(14)32-17/h1-10,12H,11H2,(H,28,29). The van der Waals surface area contributed by atoms with Crippen molar-refractivity contribution in [3.63, 3.8) is 0 Å². The molecule has 0 spiro atoms. The summed E-state index contributed by atoms with van der Waals surface area (Å²) in [7, 11) is -4.28. The molecule has 4 aromatic rings. The molecular weight excluding hydrogens is 497 g/mol. The number of thiophene rings is 1. The summed E-state index contributed by atoms with van der Waals surface area (Å²) in [5.74, 6) is -0.288. The van der Waals surface area contributed by atoms with Crippen molar-refractivity contribution in [2.24, 2.45) is 0 Å². The summed E-state index contributed by atoms with van der Waals surface area (Å²) in [5.41, 5.74) is -0.609. The average molecular weight is 511 g/mol. The third-order valence-electron chi connectivity index (χ3n) is 4.79. The van der Waals surface area contributed by atoms with E-state index in [0.29, 0.717) is 10.4 Å². The Morgan fingerprint density at radius 1 is 1.09 bits per heavy atom. The van der Waals surface area contributed by atoms with Gasteiger partial charge in [-0.3, -0.25) is 9.78 Å². The number of alkyl halides is 3. The van der Waals surface area contributed by atoms with E-state index in [2.05, 4.69) is 10.3 Å². The molecule has 0 atom stereocenters. The first kappa shape index (κ1) is 23.2. The Morgan fingerprint density at radius 3 is 2.48 bits per heavy atom. The number of carbonyl (C=O) groups is 1. The number of halogens is 4. The maximum Gasteiger partial charge on any atom is 0.417 e. The lowest BCUT2D eigenvalue weighted by atomic mass is 10.2. The van der Waals surface area contributed by atoms with Gasteiger partial charge in [-0.1, -0.05) is 29.8 Å². The summed E-state index contributed by atoms with van der Waals surface area (Å²) < 4.78 is 65.9. The number of hydrogen-bond donors (Lipinski definition) is 1. The highest BCUT2D eigenvalue weighted by molar-refractivity contribution is 7.91. The highest BCUT2D eigenvalue weighted by Gasteiger charge is 2.36. The molecular formula is C22H14ClF3N2O3S2. The number of fused-ring (bicyclic) bond motifs is 1. The van der Waals surface area contributed by atoms with Crippen molar-refractivity contribution >= 4 is 48.8 Å². The molecule has 0 unspecified atom stereocenters. The maximum absolute atomic E-state index is 13.1. The van der Waals surface area contributed by atoms with Crippen LogP contribution in [0, 0.1) is 0 Å². The molecule has 0 aliphatic rings. The number of benzene rings is 2. The predicted molar refractivity (Wildman–Crippen MR) is 119 cm³/mol. The first-order valence-corrected chi connectivity index (χ1v) is 12.1. The van der Waals surface area contributed by atoms with Gasteiger partial charge in [-0.15, -0.1) is 11.3 Å². The Kier molecular flexibility index (Phi) is 6.17. The number of amides is 1. The number of carbonyl (C=O) groups excluding carboxylic acids is 1. The second-order valence-electron chi connectivity index (χ2n) is 6.97. The molecule has 0 saturated heterocycles. The van der Waals surface area contributed by atoms with Gasteiger partial charge in [0.25, 0.3) is 5.91 Å². The molecule has 1 amide bonds. The molecule has 2 aromatic carbocycles. The monoisotopic (exact) mass is 510 g/mol. The number of sulfone groups is 1. The molecule has 0 radical (unpaired) electrons. The lowest BCUT2D eigenvalue weighted by Crippen LogP contribution is -2.21. The van der Waals surface area contributed by atoms with E-state index in [4.69, 9.17) is 11.6 Å². The van der Waals surface area contributed by atoms with Crippen LogP contribution in [0.4, 0.5) is 13.2 Å². The van der Waals surface area contributed by atoms with E-state index in [0.717, 1.165) is 28.3 Å². The second-order valence-corrected chi connectivity index (χ2v) is 10.3. The molecule has 0 fully saturated rings. The van der Waals surface area contributed by atoms with Gasteiger partial charge in [0.05, 0.1) is 30.0 Å². The van der Waals surface area contributed by atoms with Gasteiger partial charge in [0.2, 0.25) is 9.84 Å². The van der Waals surface area contributed by atoms with Crippen LogP contribution >= 0.6 is 22.9 Å². The van der Waals surface area contributed by atoms with Crippen molar-refractivity contribution in [2.75, 3.05) is 0 Å². The summed E-state index contributed by atoms with van der Waals surface area (Å²) in [4.78, 5) is 16.1. The van der Waals surface area contributed by atoms with Crippen LogP contribution in [0.3, 0.4) is 0 Å². The van der Waals surface area contributed by atoms with Crippen molar-refractivity contribution in [1.29, 1.82) is 0 Å². The molecule has 4 rings (SSSR count). The quantitative estimate of drug-likeness (QED) is 0.372. The fourth-order valence-corrected chi connectivity index (χ4v) is 5.95. The van der Waals surface area contributed by atoms with Crippen LogP contribution in [0.15, 0.2) is 76.8 Å². The van der Waals surface area contributed by atoms with Crippen LogP contribution in [0.5, 0.6) is 0 Å². The van der Waals surface area contributed by atoms with Gasteiger partial charge in [0, 0.05) is 18.9 Å².